The van der Waals surface area contributed by atoms with Crippen LogP contribution in [-0.2, 0) is 14.3 Å². The summed E-state index contributed by atoms with van der Waals surface area (Å²) in [4.78, 5) is 35.1. The van der Waals surface area contributed by atoms with Crippen LogP contribution in [0.15, 0.2) is 54.2 Å². The van der Waals surface area contributed by atoms with E-state index in [0.29, 0.717) is 36.8 Å². The number of amides is 1. The third-order valence-corrected chi connectivity index (χ3v) is 6.88. The molecule has 35 heavy (non-hydrogen) atoms. The van der Waals surface area contributed by atoms with Crippen LogP contribution >= 0.6 is 0 Å². The fourth-order valence-electron chi connectivity index (χ4n) is 5.11. The number of carbonyl (C=O) groups excluding carboxylic acids is 2. The molecule has 2 aromatic heterocycles. The Balaban J connectivity index is 1.55. The zero-order valence-electron chi connectivity index (χ0n) is 20.1. The lowest BCUT2D eigenvalue weighted by molar-refractivity contribution is -0.140. The number of ether oxygens (including phenoxy) is 1. The van der Waals surface area contributed by atoms with Crippen LogP contribution in [0, 0.1) is 13.8 Å². The Bertz CT molecular complexity index is 1290. The molecule has 2 fully saturated rings. The molecule has 1 aromatic carbocycles. The Hall–Kier alpha value is -3.49. The molecule has 1 atom stereocenters. The van der Waals surface area contributed by atoms with Gasteiger partial charge in [-0.2, -0.15) is 0 Å². The van der Waals surface area contributed by atoms with Crippen LogP contribution < -0.4 is 0 Å². The summed E-state index contributed by atoms with van der Waals surface area (Å²) in [5.74, 6) is -1.43. The summed E-state index contributed by atoms with van der Waals surface area (Å²) < 4.78 is 7.20. The normalized spacial score (nSPS) is 20.7. The Labute approximate surface area is 204 Å². The Morgan fingerprint density at radius 1 is 1.06 bits per heavy atom. The van der Waals surface area contributed by atoms with Gasteiger partial charge >= 0.3 is 0 Å². The molecule has 182 valence electrons. The summed E-state index contributed by atoms with van der Waals surface area (Å²) >= 11 is 0. The van der Waals surface area contributed by atoms with Crippen molar-refractivity contribution in [2.45, 2.75) is 26.3 Å². The van der Waals surface area contributed by atoms with Crippen LogP contribution in [-0.4, -0.2) is 75.4 Å². The van der Waals surface area contributed by atoms with Crippen molar-refractivity contribution in [3.8, 4) is 0 Å². The molecule has 2 aliphatic heterocycles. The van der Waals surface area contributed by atoms with Gasteiger partial charge in [0.05, 0.1) is 30.5 Å². The zero-order chi connectivity index (χ0) is 24.5. The molecule has 8 heteroatoms. The van der Waals surface area contributed by atoms with E-state index in [4.69, 9.17) is 4.74 Å². The molecule has 0 bridgehead atoms. The average Bonchev–Trinajstić information content (AvgIpc) is 3.34. The number of imidazole rings is 1. The van der Waals surface area contributed by atoms with Crippen molar-refractivity contribution >= 4 is 23.1 Å². The molecule has 2 aliphatic rings. The third kappa shape index (κ3) is 4.24. The van der Waals surface area contributed by atoms with Gasteiger partial charge in [0, 0.05) is 32.4 Å². The molecule has 0 unspecified atom stereocenters. The molecule has 1 N–H and O–H groups in total. The van der Waals surface area contributed by atoms with Crippen molar-refractivity contribution in [3.05, 3.63) is 76.7 Å². The number of Topliss-reactive ketones (excluding diaryl/α,β-unsaturated/α-hetero) is 1. The number of benzene rings is 1. The van der Waals surface area contributed by atoms with E-state index in [1.807, 2.05) is 55.6 Å². The maximum atomic E-state index is 13.3. The number of rotatable bonds is 6. The van der Waals surface area contributed by atoms with E-state index in [2.05, 4.69) is 9.88 Å². The molecule has 0 radical (unpaired) electrons. The number of aliphatic hydroxyl groups excluding tert-OH is 1. The van der Waals surface area contributed by atoms with Gasteiger partial charge in [0.25, 0.3) is 11.7 Å². The van der Waals surface area contributed by atoms with E-state index in [1.54, 1.807) is 16.2 Å². The van der Waals surface area contributed by atoms with Gasteiger partial charge in [-0.15, -0.1) is 0 Å². The second kappa shape index (κ2) is 9.64. The predicted molar refractivity (Wildman–Crippen MR) is 132 cm³/mol. The van der Waals surface area contributed by atoms with Crippen molar-refractivity contribution in [2.75, 3.05) is 39.4 Å². The molecule has 0 saturated carbocycles. The van der Waals surface area contributed by atoms with E-state index in [1.165, 1.54) is 0 Å². The highest BCUT2D eigenvalue weighted by Gasteiger charge is 2.46. The highest BCUT2D eigenvalue weighted by molar-refractivity contribution is 6.46. The number of aromatic nitrogens is 2. The van der Waals surface area contributed by atoms with Crippen molar-refractivity contribution in [1.82, 2.24) is 19.2 Å². The number of fused-ring (bicyclic) bond motifs is 1. The number of aliphatic hydroxyl groups is 1. The van der Waals surface area contributed by atoms with Crippen molar-refractivity contribution in [2.24, 2.45) is 0 Å². The first-order valence-electron chi connectivity index (χ1n) is 12.1. The van der Waals surface area contributed by atoms with Crippen LogP contribution in [0.1, 0.15) is 35.0 Å². The van der Waals surface area contributed by atoms with Crippen LogP contribution in [0.5, 0.6) is 0 Å². The number of nitrogens with zero attached hydrogens (tertiary/aromatic N) is 4. The maximum Gasteiger partial charge on any atom is 0.295 e. The molecule has 0 spiro atoms. The fourth-order valence-corrected chi connectivity index (χ4v) is 5.11. The number of pyridine rings is 1. The topological polar surface area (TPSA) is 87.4 Å². The first-order chi connectivity index (χ1) is 17.0. The van der Waals surface area contributed by atoms with E-state index in [-0.39, 0.29) is 11.3 Å². The highest BCUT2D eigenvalue weighted by Crippen LogP contribution is 2.40. The molecular formula is C27H30N4O4. The maximum absolute atomic E-state index is 13.3. The number of hydrogen-bond acceptors (Lipinski definition) is 6. The quantitative estimate of drug-likeness (QED) is 0.336. The lowest BCUT2D eigenvalue weighted by Crippen LogP contribution is -2.38. The minimum absolute atomic E-state index is 0.110. The third-order valence-electron chi connectivity index (χ3n) is 6.88. The second-order valence-corrected chi connectivity index (χ2v) is 9.14. The van der Waals surface area contributed by atoms with Gasteiger partial charge in [0.1, 0.15) is 11.3 Å². The minimum atomic E-state index is -0.662. The van der Waals surface area contributed by atoms with Crippen molar-refractivity contribution in [1.29, 1.82) is 0 Å². The SMILES string of the molecule is Cc1nc2c(C)cccn2c1C(O)=C1C(=O)C(=O)N(CCCN2CCOCC2)[C@H]1c1ccccc1. The number of carbonyl (C=O) groups is 2. The monoisotopic (exact) mass is 474 g/mol. The lowest BCUT2D eigenvalue weighted by atomic mass is 9.96. The van der Waals surface area contributed by atoms with E-state index < -0.39 is 17.7 Å². The van der Waals surface area contributed by atoms with E-state index in [0.717, 1.165) is 37.2 Å². The van der Waals surface area contributed by atoms with Gasteiger partial charge in [-0.1, -0.05) is 36.4 Å². The second-order valence-electron chi connectivity index (χ2n) is 9.14. The van der Waals surface area contributed by atoms with Crippen LogP contribution in [0.4, 0.5) is 0 Å². The average molecular weight is 475 g/mol. The van der Waals surface area contributed by atoms with Crippen molar-refractivity contribution < 1.29 is 19.4 Å². The summed E-state index contributed by atoms with van der Waals surface area (Å²) in [5, 5.41) is 11.5. The number of morpholine rings is 1. The molecule has 5 rings (SSSR count). The first kappa shape index (κ1) is 23.3. The first-order valence-corrected chi connectivity index (χ1v) is 12.1. The van der Waals surface area contributed by atoms with Gasteiger partial charge in [-0.3, -0.25) is 18.9 Å². The number of ketones is 1. The number of aryl methyl sites for hydroxylation is 2. The van der Waals surface area contributed by atoms with Gasteiger partial charge < -0.3 is 14.7 Å². The highest BCUT2D eigenvalue weighted by atomic mass is 16.5. The number of hydrogen-bond donors (Lipinski definition) is 1. The fraction of sp³-hybridized carbons (Fsp3) is 0.370. The molecule has 1 amide bonds. The summed E-state index contributed by atoms with van der Waals surface area (Å²) in [6.07, 6.45) is 2.54. The predicted octanol–water partition coefficient (Wildman–Crippen LogP) is 3.10. The standard InChI is InChI=1S/C27H30N4O4/c1-18-8-6-12-30-22(19(2)28-26(18)30)24(32)21-23(20-9-4-3-5-10-20)31(27(34)25(21)33)13-7-11-29-14-16-35-17-15-29/h3-6,8-10,12,23,32H,7,11,13-17H2,1-2H3/t23-/m0/s1. The summed E-state index contributed by atoms with van der Waals surface area (Å²) in [6, 6.07) is 12.6. The van der Waals surface area contributed by atoms with Gasteiger partial charge in [0.15, 0.2) is 5.76 Å². The Morgan fingerprint density at radius 3 is 2.54 bits per heavy atom. The molecule has 2 saturated heterocycles. The molecule has 8 nitrogen and oxygen atoms in total. The smallest absolute Gasteiger partial charge is 0.295 e. The largest absolute Gasteiger partial charge is 0.505 e. The van der Waals surface area contributed by atoms with Crippen LogP contribution in [0.2, 0.25) is 0 Å². The molecular weight excluding hydrogens is 444 g/mol. The van der Waals surface area contributed by atoms with Gasteiger partial charge in [0.2, 0.25) is 0 Å². The lowest BCUT2D eigenvalue weighted by Gasteiger charge is -2.29. The van der Waals surface area contributed by atoms with Gasteiger partial charge in [-0.25, -0.2) is 4.98 Å². The molecule has 4 heterocycles. The Kier molecular flexibility index (Phi) is 6.40. The summed E-state index contributed by atoms with van der Waals surface area (Å²) in [6.45, 7) is 8.16. The van der Waals surface area contributed by atoms with Gasteiger partial charge in [-0.05, 0) is 37.5 Å². The summed E-state index contributed by atoms with van der Waals surface area (Å²) in [7, 11) is 0. The zero-order valence-corrected chi connectivity index (χ0v) is 20.1. The number of likely N-dealkylation sites (tertiary alicyclic amines) is 1. The molecule has 0 aliphatic carbocycles. The molecule has 3 aromatic rings. The Morgan fingerprint density at radius 2 is 1.80 bits per heavy atom. The van der Waals surface area contributed by atoms with Crippen LogP contribution in [0.3, 0.4) is 0 Å². The van der Waals surface area contributed by atoms with E-state index >= 15 is 0 Å². The summed E-state index contributed by atoms with van der Waals surface area (Å²) in [5.41, 5.74) is 3.61. The van der Waals surface area contributed by atoms with E-state index in [9.17, 15) is 14.7 Å². The van der Waals surface area contributed by atoms with Crippen LogP contribution in [0.25, 0.3) is 11.4 Å². The van der Waals surface area contributed by atoms with Crippen molar-refractivity contribution in [3.63, 3.8) is 0 Å². The minimum Gasteiger partial charge on any atom is -0.505 e.